The molecule has 4 heteroatoms. The summed E-state index contributed by atoms with van der Waals surface area (Å²) in [5, 5.41) is 13.6. The van der Waals surface area contributed by atoms with Gasteiger partial charge in [-0.3, -0.25) is 0 Å². The lowest BCUT2D eigenvalue weighted by Crippen LogP contribution is -2.21. The summed E-state index contributed by atoms with van der Waals surface area (Å²) in [7, 11) is 4.06. The van der Waals surface area contributed by atoms with E-state index < -0.39 is 6.10 Å². The standard InChI is InChI=1S/C20H28N2O2/c1-15(2)24-19-11-7-17(8-12-19)20(23)14-21-13-16-5-9-18(10-6-16)22(3)4/h5-12,15,20-21,23H,13-14H2,1-4H3. The fourth-order valence-corrected chi connectivity index (χ4v) is 2.42. The van der Waals surface area contributed by atoms with E-state index in [4.69, 9.17) is 4.74 Å². The number of rotatable bonds is 8. The molecule has 1 unspecified atom stereocenters. The van der Waals surface area contributed by atoms with Gasteiger partial charge in [-0.05, 0) is 49.2 Å². The molecule has 0 aliphatic rings. The highest BCUT2D eigenvalue weighted by Crippen LogP contribution is 2.18. The van der Waals surface area contributed by atoms with E-state index in [0.717, 1.165) is 17.9 Å². The summed E-state index contributed by atoms with van der Waals surface area (Å²) < 4.78 is 5.61. The van der Waals surface area contributed by atoms with Crippen LogP contribution in [-0.2, 0) is 6.54 Å². The van der Waals surface area contributed by atoms with Gasteiger partial charge >= 0.3 is 0 Å². The predicted octanol–water partition coefficient (Wildman–Crippen LogP) is 3.36. The van der Waals surface area contributed by atoms with Crippen LogP contribution in [-0.4, -0.2) is 31.9 Å². The first-order valence-electron chi connectivity index (χ1n) is 8.37. The number of aliphatic hydroxyl groups is 1. The predicted molar refractivity (Wildman–Crippen MR) is 99.6 cm³/mol. The van der Waals surface area contributed by atoms with Crippen LogP contribution in [0.5, 0.6) is 5.75 Å². The Balaban J connectivity index is 1.81. The number of anilines is 1. The lowest BCUT2D eigenvalue weighted by Gasteiger charge is -2.15. The Labute approximate surface area is 145 Å². The zero-order chi connectivity index (χ0) is 17.5. The number of nitrogens with zero attached hydrogens (tertiary/aromatic N) is 1. The monoisotopic (exact) mass is 328 g/mol. The van der Waals surface area contributed by atoms with Crippen LogP contribution in [0.1, 0.15) is 31.1 Å². The summed E-state index contributed by atoms with van der Waals surface area (Å²) in [6.45, 7) is 5.24. The van der Waals surface area contributed by atoms with E-state index in [0.29, 0.717) is 6.54 Å². The summed E-state index contributed by atoms with van der Waals surface area (Å²) in [6.07, 6.45) is -0.375. The topological polar surface area (TPSA) is 44.7 Å². The molecule has 0 heterocycles. The Hall–Kier alpha value is -2.04. The Kier molecular flexibility index (Phi) is 6.64. The number of benzene rings is 2. The van der Waals surface area contributed by atoms with Crippen LogP contribution in [0.3, 0.4) is 0 Å². The van der Waals surface area contributed by atoms with E-state index in [9.17, 15) is 5.11 Å². The molecular formula is C20H28N2O2. The maximum atomic E-state index is 10.3. The van der Waals surface area contributed by atoms with Gasteiger partial charge in [0.05, 0.1) is 12.2 Å². The van der Waals surface area contributed by atoms with Gasteiger partial charge in [-0.1, -0.05) is 24.3 Å². The number of aliphatic hydroxyl groups excluding tert-OH is 1. The molecule has 130 valence electrons. The molecule has 0 aromatic heterocycles. The molecule has 0 aliphatic heterocycles. The minimum Gasteiger partial charge on any atom is -0.491 e. The number of ether oxygens (including phenoxy) is 1. The van der Waals surface area contributed by atoms with Crippen LogP contribution in [0, 0.1) is 0 Å². The molecule has 2 rings (SSSR count). The van der Waals surface area contributed by atoms with E-state index in [2.05, 4.69) is 34.5 Å². The van der Waals surface area contributed by atoms with Crippen molar-refractivity contribution in [3.8, 4) is 5.75 Å². The van der Waals surface area contributed by atoms with Crippen LogP contribution in [0.15, 0.2) is 48.5 Å². The molecule has 0 saturated carbocycles. The third-order valence-electron chi connectivity index (χ3n) is 3.76. The SMILES string of the molecule is CC(C)Oc1ccc(C(O)CNCc2ccc(N(C)C)cc2)cc1. The quantitative estimate of drug-likeness (QED) is 0.780. The van der Waals surface area contributed by atoms with Crippen LogP contribution in [0.25, 0.3) is 0 Å². The van der Waals surface area contributed by atoms with Crippen molar-refractivity contribution in [3.63, 3.8) is 0 Å². The van der Waals surface area contributed by atoms with Gasteiger partial charge in [-0.2, -0.15) is 0 Å². The molecule has 24 heavy (non-hydrogen) atoms. The van der Waals surface area contributed by atoms with E-state index in [1.807, 2.05) is 52.2 Å². The van der Waals surface area contributed by atoms with Gasteiger partial charge < -0.3 is 20.1 Å². The van der Waals surface area contributed by atoms with Crippen molar-refractivity contribution in [2.45, 2.75) is 32.6 Å². The fraction of sp³-hybridized carbons (Fsp3) is 0.400. The van der Waals surface area contributed by atoms with Crippen molar-refractivity contribution in [2.24, 2.45) is 0 Å². The number of hydrogen-bond acceptors (Lipinski definition) is 4. The van der Waals surface area contributed by atoms with E-state index >= 15 is 0 Å². The van der Waals surface area contributed by atoms with Gasteiger partial charge in [0.15, 0.2) is 0 Å². The van der Waals surface area contributed by atoms with Crippen molar-refractivity contribution in [1.82, 2.24) is 5.32 Å². The molecule has 0 amide bonds. The van der Waals surface area contributed by atoms with Gasteiger partial charge in [0.25, 0.3) is 0 Å². The van der Waals surface area contributed by atoms with Gasteiger partial charge in [0.2, 0.25) is 0 Å². The van der Waals surface area contributed by atoms with E-state index in [1.165, 1.54) is 11.3 Å². The molecule has 0 bridgehead atoms. The van der Waals surface area contributed by atoms with Crippen molar-refractivity contribution in [1.29, 1.82) is 0 Å². The molecule has 1 atom stereocenters. The highest BCUT2D eigenvalue weighted by Gasteiger charge is 2.08. The lowest BCUT2D eigenvalue weighted by molar-refractivity contribution is 0.174. The third-order valence-corrected chi connectivity index (χ3v) is 3.76. The number of nitrogens with one attached hydrogen (secondary N) is 1. The van der Waals surface area contributed by atoms with E-state index in [-0.39, 0.29) is 6.10 Å². The maximum Gasteiger partial charge on any atom is 0.119 e. The summed E-state index contributed by atoms with van der Waals surface area (Å²) >= 11 is 0. The van der Waals surface area contributed by atoms with Crippen LogP contribution in [0.4, 0.5) is 5.69 Å². The largest absolute Gasteiger partial charge is 0.491 e. The van der Waals surface area contributed by atoms with Gasteiger partial charge in [0.1, 0.15) is 5.75 Å². The molecule has 0 saturated heterocycles. The van der Waals surface area contributed by atoms with Gasteiger partial charge in [-0.15, -0.1) is 0 Å². The summed E-state index contributed by atoms with van der Waals surface area (Å²) in [5.41, 5.74) is 3.28. The fourth-order valence-electron chi connectivity index (χ4n) is 2.42. The normalized spacial score (nSPS) is 12.2. The third kappa shape index (κ3) is 5.55. The van der Waals surface area contributed by atoms with Crippen LogP contribution >= 0.6 is 0 Å². The number of hydrogen-bond donors (Lipinski definition) is 2. The smallest absolute Gasteiger partial charge is 0.119 e. The van der Waals surface area contributed by atoms with Gasteiger partial charge in [0, 0.05) is 32.9 Å². The van der Waals surface area contributed by atoms with Crippen molar-refractivity contribution < 1.29 is 9.84 Å². The van der Waals surface area contributed by atoms with Crippen LogP contribution < -0.4 is 15.0 Å². The molecule has 4 nitrogen and oxygen atoms in total. The van der Waals surface area contributed by atoms with Crippen molar-refractivity contribution in [2.75, 3.05) is 25.5 Å². The lowest BCUT2D eigenvalue weighted by atomic mass is 10.1. The molecule has 0 fully saturated rings. The summed E-state index contributed by atoms with van der Waals surface area (Å²) in [5.74, 6) is 0.829. The molecule has 0 radical (unpaired) electrons. The molecular weight excluding hydrogens is 300 g/mol. The Morgan fingerprint density at radius 2 is 1.62 bits per heavy atom. The zero-order valence-electron chi connectivity index (χ0n) is 15.0. The summed E-state index contributed by atoms with van der Waals surface area (Å²) in [4.78, 5) is 2.08. The van der Waals surface area contributed by atoms with Gasteiger partial charge in [-0.25, -0.2) is 0 Å². The Bertz CT molecular complexity index is 607. The van der Waals surface area contributed by atoms with Crippen molar-refractivity contribution >= 4 is 5.69 Å². The molecule has 2 aromatic rings. The highest BCUT2D eigenvalue weighted by atomic mass is 16.5. The minimum absolute atomic E-state index is 0.154. The molecule has 0 aliphatic carbocycles. The van der Waals surface area contributed by atoms with E-state index in [1.54, 1.807) is 0 Å². The Morgan fingerprint density at radius 3 is 2.17 bits per heavy atom. The second-order valence-corrected chi connectivity index (χ2v) is 6.44. The molecule has 2 N–H and O–H groups in total. The first kappa shape index (κ1) is 18.3. The van der Waals surface area contributed by atoms with Crippen molar-refractivity contribution in [3.05, 3.63) is 59.7 Å². The highest BCUT2D eigenvalue weighted by molar-refractivity contribution is 5.45. The van der Waals surface area contributed by atoms with Crippen LogP contribution in [0.2, 0.25) is 0 Å². The maximum absolute atomic E-state index is 10.3. The second kappa shape index (κ2) is 8.71. The minimum atomic E-state index is -0.529. The second-order valence-electron chi connectivity index (χ2n) is 6.44. The average Bonchev–Trinajstić information content (AvgIpc) is 2.55. The molecule has 0 spiro atoms. The first-order valence-corrected chi connectivity index (χ1v) is 8.37. The summed E-state index contributed by atoms with van der Waals surface area (Å²) in [6, 6.07) is 16.0. The Morgan fingerprint density at radius 1 is 1.00 bits per heavy atom. The zero-order valence-corrected chi connectivity index (χ0v) is 15.0. The average molecular weight is 328 g/mol. The molecule has 2 aromatic carbocycles. The first-order chi connectivity index (χ1) is 11.5.